The molecule has 2 aromatic heterocycles. The fourth-order valence-corrected chi connectivity index (χ4v) is 3.36. The number of benzene rings is 1. The van der Waals surface area contributed by atoms with Gasteiger partial charge in [-0.25, -0.2) is 4.98 Å². The van der Waals surface area contributed by atoms with E-state index < -0.39 is 11.7 Å². The Kier molecular flexibility index (Phi) is 4.87. The van der Waals surface area contributed by atoms with E-state index in [-0.39, 0.29) is 22.8 Å². The maximum atomic E-state index is 12.8. The largest absolute Gasteiger partial charge is 0.416 e. The van der Waals surface area contributed by atoms with E-state index in [0.29, 0.717) is 17.2 Å². The monoisotopic (exact) mass is 404 g/mol. The first-order chi connectivity index (χ1) is 13.8. The number of pyridine rings is 1. The Hall–Kier alpha value is -3.14. The standard InChI is InChI=1S/C19H19F3N6O/c1-28-9-7-13(10-28)25-18-26-14-6-8-23-17(29)15(14)16(27-18)24-12-4-2-11(3-5-12)19(20,21)22/h2-6,8,13H,7,9-10H2,1H3,(H,23,29)(H2,24,25,26,27). The van der Waals surface area contributed by atoms with Gasteiger partial charge >= 0.3 is 6.18 Å². The van der Waals surface area contributed by atoms with Crippen LogP contribution in [-0.2, 0) is 6.18 Å². The predicted octanol–water partition coefficient (Wildman–Crippen LogP) is 3.20. The number of nitrogens with one attached hydrogen (secondary N) is 3. The van der Waals surface area contributed by atoms with Crippen LogP contribution in [0.15, 0.2) is 41.3 Å². The number of rotatable bonds is 4. The quantitative estimate of drug-likeness (QED) is 0.619. The van der Waals surface area contributed by atoms with Crippen LogP contribution in [0, 0.1) is 0 Å². The van der Waals surface area contributed by atoms with Crippen molar-refractivity contribution in [1.29, 1.82) is 0 Å². The Morgan fingerprint density at radius 3 is 2.59 bits per heavy atom. The first kappa shape index (κ1) is 19.2. The van der Waals surface area contributed by atoms with Crippen LogP contribution in [0.25, 0.3) is 10.9 Å². The molecule has 0 spiro atoms. The predicted molar refractivity (Wildman–Crippen MR) is 104 cm³/mol. The molecule has 0 amide bonds. The van der Waals surface area contributed by atoms with Crippen molar-refractivity contribution >= 4 is 28.4 Å². The summed E-state index contributed by atoms with van der Waals surface area (Å²) in [4.78, 5) is 25.9. The zero-order valence-corrected chi connectivity index (χ0v) is 15.5. The molecule has 3 heterocycles. The van der Waals surface area contributed by atoms with Gasteiger partial charge in [0.1, 0.15) is 11.2 Å². The van der Waals surface area contributed by atoms with Gasteiger partial charge < -0.3 is 20.5 Å². The smallest absolute Gasteiger partial charge is 0.350 e. The molecule has 10 heteroatoms. The van der Waals surface area contributed by atoms with Crippen LogP contribution in [-0.4, -0.2) is 46.0 Å². The maximum Gasteiger partial charge on any atom is 0.416 e. The van der Waals surface area contributed by atoms with E-state index in [4.69, 9.17) is 0 Å². The third-order valence-electron chi connectivity index (χ3n) is 4.82. The summed E-state index contributed by atoms with van der Waals surface area (Å²) in [7, 11) is 2.03. The van der Waals surface area contributed by atoms with Crippen molar-refractivity contribution < 1.29 is 13.2 Å². The molecule has 0 radical (unpaired) electrons. The molecule has 1 aliphatic rings. The number of aromatic amines is 1. The average molecular weight is 404 g/mol. The number of likely N-dealkylation sites (tertiary alicyclic amines) is 1. The molecule has 1 aliphatic heterocycles. The summed E-state index contributed by atoms with van der Waals surface area (Å²) in [5.41, 5.74) is -0.315. The van der Waals surface area contributed by atoms with Crippen molar-refractivity contribution in [3.05, 3.63) is 52.4 Å². The van der Waals surface area contributed by atoms with Crippen LogP contribution in [0.3, 0.4) is 0 Å². The van der Waals surface area contributed by atoms with Crippen LogP contribution in [0.5, 0.6) is 0 Å². The van der Waals surface area contributed by atoms with E-state index in [0.717, 1.165) is 31.6 Å². The molecule has 0 saturated carbocycles. The van der Waals surface area contributed by atoms with Gasteiger partial charge in [0.25, 0.3) is 5.56 Å². The van der Waals surface area contributed by atoms with Crippen molar-refractivity contribution in [1.82, 2.24) is 19.9 Å². The SMILES string of the molecule is CN1CCC(Nc2nc(Nc3ccc(C(F)(F)F)cc3)c3c(=O)[nH]ccc3n2)C1. The van der Waals surface area contributed by atoms with Crippen molar-refractivity contribution in [2.24, 2.45) is 0 Å². The molecule has 29 heavy (non-hydrogen) atoms. The van der Waals surface area contributed by atoms with Gasteiger partial charge in [0.05, 0.1) is 11.1 Å². The van der Waals surface area contributed by atoms with Crippen LogP contribution in [0.4, 0.5) is 30.6 Å². The fraction of sp³-hybridized carbons (Fsp3) is 0.316. The molecule has 1 atom stereocenters. The second-order valence-electron chi connectivity index (χ2n) is 7.06. The van der Waals surface area contributed by atoms with Crippen LogP contribution in [0.2, 0.25) is 0 Å². The molecule has 1 fully saturated rings. The molecule has 1 unspecified atom stereocenters. The Morgan fingerprint density at radius 1 is 1.17 bits per heavy atom. The summed E-state index contributed by atoms with van der Waals surface area (Å²) in [5, 5.41) is 6.46. The normalized spacial score (nSPS) is 17.6. The van der Waals surface area contributed by atoms with Gasteiger partial charge in [-0.1, -0.05) is 0 Å². The highest BCUT2D eigenvalue weighted by molar-refractivity contribution is 5.90. The molecular weight excluding hydrogens is 385 g/mol. The van der Waals surface area contributed by atoms with Crippen LogP contribution >= 0.6 is 0 Å². The van der Waals surface area contributed by atoms with E-state index in [2.05, 4.69) is 30.5 Å². The summed E-state index contributed by atoms with van der Waals surface area (Å²) >= 11 is 0. The number of fused-ring (bicyclic) bond motifs is 1. The molecule has 4 rings (SSSR count). The minimum atomic E-state index is -4.41. The number of hydrogen-bond acceptors (Lipinski definition) is 6. The van der Waals surface area contributed by atoms with Crippen molar-refractivity contribution in [3.8, 4) is 0 Å². The zero-order chi connectivity index (χ0) is 20.6. The molecule has 1 aromatic carbocycles. The van der Waals surface area contributed by atoms with E-state index in [9.17, 15) is 18.0 Å². The Labute approximate surface area is 164 Å². The number of hydrogen-bond donors (Lipinski definition) is 3. The summed E-state index contributed by atoms with van der Waals surface area (Å²) in [5.74, 6) is 0.586. The Balaban J connectivity index is 1.69. The van der Waals surface area contributed by atoms with E-state index in [1.807, 2.05) is 7.05 Å². The van der Waals surface area contributed by atoms with Crippen LogP contribution in [0.1, 0.15) is 12.0 Å². The number of anilines is 3. The third-order valence-corrected chi connectivity index (χ3v) is 4.82. The number of nitrogens with zero attached hydrogens (tertiary/aromatic N) is 3. The first-order valence-corrected chi connectivity index (χ1v) is 9.08. The van der Waals surface area contributed by atoms with E-state index in [1.54, 1.807) is 6.07 Å². The average Bonchev–Trinajstić information content (AvgIpc) is 3.06. The molecule has 3 aromatic rings. The summed E-state index contributed by atoms with van der Waals surface area (Å²) in [6, 6.07) is 6.38. The Morgan fingerprint density at radius 2 is 1.93 bits per heavy atom. The number of halogens is 3. The number of H-pyrrole nitrogens is 1. The molecule has 1 saturated heterocycles. The Bertz CT molecular complexity index is 1080. The third kappa shape index (κ3) is 4.16. The molecule has 7 nitrogen and oxygen atoms in total. The summed E-state index contributed by atoms with van der Waals surface area (Å²) in [6.07, 6.45) is -1.98. The molecule has 3 N–H and O–H groups in total. The minimum absolute atomic E-state index is 0.179. The van der Waals surface area contributed by atoms with Gasteiger partial charge in [0, 0.05) is 24.5 Å². The summed E-state index contributed by atoms with van der Waals surface area (Å²) < 4.78 is 38.4. The summed E-state index contributed by atoms with van der Waals surface area (Å²) in [6.45, 7) is 1.81. The topological polar surface area (TPSA) is 85.9 Å². The van der Waals surface area contributed by atoms with Crippen molar-refractivity contribution in [3.63, 3.8) is 0 Å². The number of aromatic nitrogens is 3. The fourth-order valence-electron chi connectivity index (χ4n) is 3.36. The second kappa shape index (κ2) is 7.36. The molecular formula is C19H19F3N6O. The van der Waals surface area contributed by atoms with Gasteiger partial charge in [-0.2, -0.15) is 18.2 Å². The minimum Gasteiger partial charge on any atom is -0.350 e. The highest BCUT2D eigenvalue weighted by Gasteiger charge is 2.30. The highest BCUT2D eigenvalue weighted by Crippen LogP contribution is 2.31. The lowest BCUT2D eigenvalue weighted by Gasteiger charge is -2.15. The van der Waals surface area contributed by atoms with Gasteiger partial charge in [0.2, 0.25) is 5.95 Å². The van der Waals surface area contributed by atoms with Gasteiger partial charge in [-0.15, -0.1) is 0 Å². The van der Waals surface area contributed by atoms with Gasteiger partial charge in [0.15, 0.2) is 0 Å². The number of likely N-dealkylation sites (N-methyl/N-ethyl adjacent to an activating group) is 1. The highest BCUT2D eigenvalue weighted by atomic mass is 19.4. The maximum absolute atomic E-state index is 12.8. The zero-order valence-electron chi connectivity index (χ0n) is 15.5. The van der Waals surface area contributed by atoms with Crippen molar-refractivity contribution in [2.75, 3.05) is 30.8 Å². The van der Waals surface area contributed by atoms with E-state index in [1.165, 1.54) is 18.3 Å². The second-order valence-corrected chi connectivity index (χ2v) is 7.06. The van der Waals surface area contributed by atoms with Crippen molar-refractivity contribution in [2.45, 2.75) is 18.6 Å². The lowest BCUT2D eigenvalue weighted by atomic mass is 10.2. The molecule has 0 aliphatic carbocycles. The first-order valence-electron chi connectivity index (χ1n) is 9.08. The van der Waals surface area contributed by atoms with Gasteiger partial charge in [-0.3, -0.25) is 4.79 Å². The van der Waals surface area contributed by atoms with E-state index >= 15 is 0 Å². The number of alkyl halides is 3. The molecule has 152 valence electrons. The molecule has 0 bridgehead atoms. The lowest BCUT2D eigenvalue weighted by Crippen LogP contribution is -2.25. The van der Waals surface area contributed by atoms with Crippen LogP contribution < -0.4 is 16.2 Å². The van der Waals surface area contributed by atoms with Gasteiger partial charge in [-0.05, 0) is 50.3 Å². The lowest BCUT2D eigenvalue weighted by molar-refractivity contribution is -0.137.